The van der Waals surface area contributed by atoms with E-state index < -0.39 is 15.8 Å². The maximum Gasteiger partial charge on any atom is 0.240 e. The Kier molecular flexibility index (Phi) is 6.35. The third kappa shape index (κ3) is 5.69. The highest BCUT2D eigenvalue weighted by Gasteiger charge is 2.16. The predicted octanol–water partition coefficient (Wildman–Crippen LogP) is 2.76. The van der Waals surface area contributed by atoms with Crippen LogP contribution in [0.1, 0.15) is 11.4 Å². The molecule has 0 aliphatic rings. The summed E-state index contributed by atoms with van der Waals surface area (Å²) in [7, 11) is -3.73. The number of pyridine rings is 1. The number of anilines is 3. The molecule has 0 fully saturated rings. The SMILES string of the molecule is Cc1nc(NCCNS(=O)(=O)c2ccc(F)cc2C)cc(Nc2ccccn2)n1. The molecule has 0 radical (unpaired) electrons. The molecule has 0 amide bonds. The van der Waals surface area contributed by atoms with E-state index in [1.54, 1.807) is 26.1 Å². The lowest BCUT2D eigenvalue weighted by Gasteiger charge is -2.11. The molecule has 0 aliphatic heterocycles. The lowest BCUT2D eigenvalue weighted by molar-refractivity contribution is 0.581. The zero-order valence-electron chi connectivity index (χ0n) is 16.0. The van der Waals surface area contributed by atoms with E-state index in [4.69, 9.17) is 0 Å². The monoisotopic (exact) mass is 416 g/mol. The van der Waals surface area contributed by atoms with Gasteiger partial charge in [-0.25, -0.2) is 32.5 Å². The van der Waals surface area contributed by atoms with Crippen LogP contribution in [0.5, 0.6) is 0 Å². The Morgan fingerprint density at radius 2 is 1.76 bits per heavy atom. The number of rotatable bonds is 8. The summed E-state index contributed by atoms with van der Waals surface area (Å²) < 4.78 is 40.4. The minimum absolute atomic E-state index is 0.0543. The van der Waals surface area contributed by atoms with Crippen LogP contribution in [-0.2, 0) is 10.0 Å². The molecule has 29 heavy (non-hydrogen) atoms. The fraction of sp³-hybridized carbons (Fsp3) is 0.211. The van der Waals surface area contributed by atoms with Crippen molar-refractivity contribution in [2.75, 3.05) is 23.7 Å². The lowest BCUT2D eigenvalue weighted by atomic mass is 10.2. The van der Waals surface area contributed by atoms with E-state index in [9.17, 15) is 12.8 Å². The van der Waals surface area contributed by atoms with Crippen molar-refractivity contribution in [1.82, 2.24) is 19.7 Å². The van der Waals surface area contributed by atoms with Crippen LogP contribution in [0.2, 0.25) is 0 Å². The number of halogens is 1. The van der Waals surface area contributed by atoms with Crippen LogP contribution in [-0.4, -0.2) is 36.5 Å². The molecule has 10 heteroatoms. The third-order valence-corrected chi connectivity index (χ3v) is 5.53. The minimum Gasteiger partial charge on any atom is -0.369 e. The van der Waals surface area contributed by atoms with Gasteiger partial charge in [-0.3, -0.25) is 0 Å². The van der Waals surface area contributed by atoms with Gasteiger partial charge in [-0.2, -0.15) is 0 Å². The van der Waals surface area contributed by atoms with Gasteiger partial charge in [-0.05, 0) is 49.7 Å². The number of aryl methyl sites for hydroxylation is 2. The molecule has 0 unspecified atom stereocenters. The second kappa shape index (κ2) is 8.93. The van der Waals surface area contributed by atoms with Crippen molar-refractivity contribution in [2.24, 2.45) is 0 Å². The first-order valence-corrected chi connectivity index (χ1v) is 10.4. The Morgan fingerprint density at radius 3 is 2.48 bits per heavy atom. The Morgan fingerprint density at radius 1 is 0.966 bits per heavy atom. The van der Waals surface area contributed by atoms with E-state index in [2.05, 4.69) is 30.3 Å². The Bertz CT molecular complexity index is 1090. The molecular formula is C19H21FN6O2S. The maximum absolute atomic E-state index is 13.2. The van der Waals surface area contributed by atoms with Crippen LogP contribution in [0.25, 0.3) is 0 Å². The van der Waals surface area contributed by atoms with Gasteiger partial charge in [0.25, 0.3) is 0 Å². The molecule has 0 saturated heterocycles. The fourth-order valence-corrected chi connectivity index (χ4v) is 3.91. The standard InChI is InChI=1S/C19H21FN6O2S/c1-13-11-15(20)6-7-16(13)29(27,28)23-10-9-22-18-12-19(25-14(2)24-18)26-17-5-3-4-8-21-17/h3-8,11-12,23H,9-10H2,1-2H3,(H2,21,22,24,25,26). The smallest absolute Gasteiger partial charge is 0.240 e. The normalized spacial score (nSPS) is 11.3. The topological polar surface area (TPSA) is 109 Å². The summed E-state index contributed by atoms with van der Waals surface area (Å²) in [6, 6.07) is 10.8. The van der Waals surface area contributed by atoms with Crippen molar-refractivity contribution in [3.05, 3.63) is 65.9 Å². The van der Waals surface area contributed by atoms with Crippen molar-refractivity contribution in [1.29, 1.82) is 0 Å². The first-order chi connectivity index (χ1) is 13.8. The molecule has 0 atom stereocenters. The van der Waals surface area contributed by atoms with E-state index >= 15 is 0 Å². The zero-order valence-corrected chi connectivity index (χ0v) is 16.8. The summed E-state index contributed by atoms with van der Waals surface area (Å²) in [5.41, 5.74) is 0.349. The number of nitrogens with one attached hydrogen (secondary N) is 3. The van der Waals surface area contributed by atoms with Crippen molar-refractivity contribution in [2.45, 2.75) is 18.7 Å². The average Bonchev–Trinajstić information content (AvgIpc) is 2.65. The maximum atomic E-state index is 13.2. The molecule has 3 rings (SSSR count). The molecule has 1 aromatic carbocycles. The van der Waals surface area contributed by atoms with Crippen LogP contribution in [0.3, 0.4) is 0 Å². The molecule has 0 saturated carbocycles. The fourth-order valence-electron chi connectivity index (χ4n) is 2.66. The number of hydrogen-bond donors (Lipinski definition) is 3. The van der Waals surface area contributed by atoms with Gasteiger partial charge in [-0.1, -0.05) is 6.07 Å². The Hall–Kier alpha value is -3.11. The summed E-state index contributed by atoms with van der Waals surface area (Å²) in [5.74, 6) is 1.85. The minimum atomic E-state index is -3.73. The van der Waals surface area contributed by atoms with E-state index in [1.165, 1.54) is 12.1 Å². The van der Waals surface area contributed by atoms with Crippen LogP contribution < -0.4 is 15.4 Å². The van der Waals surface area contributed by atoms with Gasteiger partial charge in [0, 0.05) is 25.4 Å². The number of nitrogens with zero attached hydrogens (tertiary/aromatic N) is 3. The molecule has 3 aromatic rings. The zero-order chi connectivity index (χ0) is 20.9. The van der Waals surface area contributed by atoms with E-state index in [0.717, 1.165) is 6.07 Å². The largest absolute Gasteiger partial charge is 0.369 e. The van der Waals surface area contributed by atoms with Crippen molar-refractivity contribution >= 4 is 27.5 Å². The highest BCUT2D eigenvalue weighted by atomic mass is 32.2. The Labute approximate surface area is 168 Å². The molecular weight excluding hydrogens is 395 g/mol. The van der Waals surface area contributed by atoms with Crippen molar-refractivity contribution in [3.63, 3.8) is 0 Å². The van der Waals surface area contributed by atoms with E-state index in [1.807, 2.05) is 18.2 Å². The summed E-state index contributed by atoms with van der Waals surface area (Å²) >= 11 is 0. The number of aromatic nitrogens is 3. The van der Waals surface area contributed by atoms with Crippen LogP contribution in [0, 0.1) is 19.7 Å². The molecule has 0 aliphatic carbocycles. The first kappa shape index (κ1) is 20.6. The van der Waals surface area contributed by atoms with Crippen LogP contribution in [0.15, 0.2) is 53.6 Å². The molecule has 152 valence electrons. The number of benzene rings is 1. The summed E-state index contributed by atoms with van der Waals surface area (Å²) in [5, 5.41) is 6.15. The number of hydrogen-bond acceptors (Lipinski definition) is 7. The van der Waals surface area contributed by atoms with Crippen LogP contribution >= 0.6 is 0 Å². The van der Waals surface area contributed by atoms with Crippen LogP contribution in [0.4, 0.5) is 21.8 Å². The second-order valence-electron chi connectivity index (χ2n) is 6.26. The predicted molar refractivity (Wildman–Crippen MR) is 109 cm³/mol. The van der Waals surface area contributed by atoms with Gasteiger partial charge in [0.2, 0.25) is 10.0 Å². The molecule has 3 N–H and O–H groups in total. The first-order valence-electron chi connectivity index (χ1n) is 8.87. The molecule has 8 nitrogen and oxygen atoms in total. The van der Waals surface area contributed by atoms with E-state index in [0.29, 0.717) is 35.4 Å². The lowest BCUT2D eigenvalue weighted by Crippen LogP contribution is -2.29. The highest BCUT2D eigenvalue weighted by Crippen LogP contribution is 2.17. The summed E-state index contributed by atoms with van der Waals surface area (Å²) in [6.07, 6.45) is 1.67. The highest BCUT2D eigenvalue weighted by molar-refractivity contribution is 7.89. The van der Waals surface area contributed by atoms with Crippen molar-refractivity contribution in [3.8, 4) is 0 Å². The van der Waals surface area contributed by atoms with Gasteiger partial charge >= 0.3 is 0 Å². The van der Waals surface area contributed by atoms with Crippen molar-refractivity contribution < 1.29 is 12.8 Å². The Balaban J connectivity index is 1.59. The van der Waals surface area contributed by atoms with Gasteiger partial charge in [-0.15, -0.1) is 0 Å². The molecule has 2 heterocycles. The van der Waals surface area contributed by atoms with E-state index in [-0.39, 0.29) is 11.4 Å². The average molecular weight is 416 g/mol. The third-order valence-electron chi connectivity index (χ3n) is 3.91. The van der Waals surface area contributed by atoms with Gasteiger partial charge in [0.1, 0.15) is 29.1 Å². The summed E-state index contributed by atoms with van der Waals surface area (Å²) in [6.45, 7) is 3.74. The number of sulfonamides is 1. The summed E-state index contributed by atoms with van der Waals surface area (Å²) in [4.78, 5) is 12.8. The van der Waals surface area contributed by atoms with Gasteiger partial charge in [0.15, 0.2) is 0 Å². The van der Waals surface area contributed by atoms with Gasteiger partial charge < -0.3 is 10.6 Å². The second-order valence-corrected chi connectivity index (χ2v) is 8.00. The quantitative estimate of drug-likeness (QED) is 0.485. The molecule has 2 aromatic heterocycles. The molecule has 0 bridgehead atoms. The van der Waals surface area contributed by atoms with Gasteiger partial charge in [0.05, 0.1) is 4.90 Å². The molecule has 0 spiro atoms.